The zero-order valence-corrected chi connectivity index (χ0v) is 18.9. The fraction of sp³-hybridized carbons (Fsp3) is 0.125. The van der Waals surface area contributed by atoms with E-state index in [2.05, 4.69) is 10.1 Å². The standard InChI is InChI=1S/C24H22N6O2S/c1-13-15(4-3-5-20(13)30-8-9-33-24(30)23(26)32)16-6-7-17(22(25)31)21-18(16)10-19(28-21)14-11-27-29(2)12-14/h3-12,24,28H,1-2H3,(H2,25,31)(H2,26,32). The van der Waals surface area contributed by atoms with Crippen LogP contribution in [-0.2, 0) is 11.8 Å². The molecule has 5 N–H and O–H groups in total. The average molecular weight is 459 g/mol. The molecule has 2 aromatic carbocycles. The molecule has 0 saturated carbocycles. The molecule has 0 bridgehead atoms. The predicted octanol–water partition coefficient (Wildman–Crippen LogP) is 3.48. The van der Waals surface area contributed by atoms with Crippen LogP contribution in [0.4, 0.5) is 5.69 Å². The summed E-state index contributed by atoms with van der Waals surface area (Å²) >= 11 is 1.38. The van der Waals surface area contributed by atoms with Crippen LogP contribution in [0.1, 0.15) is 15.9 Å². The molecule has 0 spiro atoms. The number of hydrogen-bond acceptors (Lipinski definition) is 5. The highest BCUT2D eigenvalue weighted by molar-refractivity contribution is 8.03. The van der Waals surface area contributed by atoms with Gasteiger partial charge in [-0.2, -0.15) is 5.10 Å². The lowest BCUT2D eigenvalue weighted by molar-refractivity contribution is -0.117. The number of nitrogens with one attached hydrogen (secondary N) is 1. The number of H-pyrrole nitrogens is 1. The van der Waals surface area contributed by atoms with Crippen LogP contribution in [0.3, 0.4) is 0 Å². The summed E-state index contributed by atoms with van der Waals surface area (Å²) in [4.78, 5) is 29.3. The van der Waals surface area contributed by atoms with Gasteiger partial charge in [0, 0.05) is 41.8 Å². The SMILES string of the molecule is Cc1c(-c2ccc(C(N)=O)c3[nH]c(-c4cnn(C)c4)cc23)cccc1N1C=CSC1C(N)=O. The van der Waals surface area contributed by atoms with Crippen LogP contribution in [-0.4, -0.2) is 32.0 Å². The van der Waals surface area contributed by atoms with Crippen molar-refractivity contribution in [1.82, 2.24) is 14.8 Å². The summed E-state index contributed by atoms with van der Waals surface area (Å²) in [6.07, 6.45) is 5.54. The number of nitrogens with zero attached hydrogens (tertiary/aromatic N) is 3. The normalized spacial score (nSPS) is 15.5. The average Bonchev–Trinajstić information content (AvgIpc) is 3.52. The van der Waals surface area contributed by atoms with Crippen LogP contribution in [0.2, 0.25) is 0 Å². The van der Waals surface area contributed by atoms with Crippen molar-refractivity contribution in [3.8, 4) is 22.4 Å². The first kappa shape index (κ1) is 20.9. The van der Waals surface area contributed by atoms with Crippen LogP contribution >= 0.6 is 11.8 Å². The molecule has 0 fully saturated rings. The number of aryl methyl sites for hydroxylation is 1. The van der Waals surface area contributed by atoms with Crippen molar-refractivity contribution in [2.24, 2.45) is 18.5 Å². The Kier molecular flexibility index (Phi) is 4.98. The van der Waals surface area contributed by atoms with Gasteiger partial charge in [0.1, 0.15) is 0 Å². The summed E-state index contributed by atoms with van der Waals surface area (Å²) in [5, 5.41) is 6.51. The number of fused-ring (bicyclic) bond motifs is 1. The van der Waals surface area contributed by atoms with E-state index in [1.807, 2.05) is 67.0 Å². The molecule has 2 aromatic heterocycles. The molecule has 8 nitrogen and oxygen atoms in total. The summed E-state index contributed by atoms with van der Waals surface area (Å²) in [6, 6.07) is 11.6. The Labute approximate surface area is 194 Å². The molecular formula is C24H22N6O2S. The van der Waals surface area contributed by atoms with Gasteiger partial charge in [0.15, 0.2) is 5.37 Å². The molecule has 0 radical (unpaired) electrons. The monoisotopic (exact) mass is 458 g/mol. The van der Waals surface area contributed by atoms with Crippen LogP contribution in [0.15, 0.2) is 60.4 Å². The minimum Gasteiger partial charge on any atom is -0.367 e. The third-order valence-electron chi connectivity index (χ3n) is 5.87. The summed E-state index contributed by atoms with van der Waals surface area (Å²) in [6.45, 7) is 2.02. The highest BCUT2D eigenvalue weighted by Gasteiger charge is 2.28. The molecule has 0 saturated heterocycles. The summed E-state index contributed by atoms with van der Waals surface area (Å²) in [7, 11) is 1.85. The van der Waals surface area contributed by atoms with E-state index in [1.165, 1.54) is 11.8 Å². The number of carbonyl (C=O) groups is 2. The molecule has 1 unspecified atom stereocenters. The molecule has 4 aromatic rings. The Morgan fingerprint density at radius 2 is 1.97 bits per heavy atom. The second kappa shape index (κ2) is 7.86. The lowest BCUT2D eigenvalue weighted by atomic mass is 9.94. The van der Waals surface area contributed by atoms with Crippen molar-refractivity contribution in [2.75, 3.05) is 4.90 Å². The highest BCUT2D eigenvalue weighted by atomic mass is 32.2. The van der Waals surface area contributed by atoms with Crippen LogP contribution in [0, 0.1) is 6.92 Å². The molecule has 3 heterocycles. The van der Waals surface area contributed by atoms with Crippen molar-refractivity contribution in [3.05, 3.63) is 71.5 Å². The maximum Gasteiger partial charge on any atom is 0.251 e. The van der Waals surface area contributed by atoms with Crippen molar-refractivity contribution in [3.63, 3.8) is 0 Å². The minimum absolute atomic E-state index is 0.394. The predicted molar refractivity (Wildman–Crippen MR) is 131 cm³/mol. The number of rotatable bonds is 5. The van der Waals surface area contributed by atoms with Gasteiger partial charge in [-0.1, -0.05) is 30.0 Å². The first-order valence-corrected chi connectivity index (χ1v) is 11.2. The van der Waals surface area contributed by atoms with E-state index in [4.69, 9.17) is 11.5 Å². The van der Waals surface area contributed by atoms with Crippen molar-refractivity contribution >= 4 is 40.2 Å². The smallest absolute Gasteiger partial charge is 0.251 e. The zero-order valence-electron chi connectivity index (χ0n) is 18.1. The number of anilines is 1. The van der Waals surface area contributed by atoms with E-state index in [1.54, 1.807) is 16.9 Å². The topological polar surface area (TPSA) is 123 Å². The first-order chi connectivity index (χ1) is 15.8. The van der Waals surface area contributed by atoms with E-state index in [9.17, 15) is 9.59 Å². The molecular weight excluding hydrogens is 436 g/mol. The summed E-state index contributed by atoms with van der Waals surface area (Å²) < 4.78 is 1.72. The molecule has 2 amide bonds. The summed E-state index contributed by atoms with van der Waals surface area (Å²) in [5.41, 5.74) is 17.9. The molecule has 1 aliphatic heterocycles. The lowest BCUT2D eigenvalue weighted by Gasteiger charge is -2.25. The number of thioether (sulfide) groups is 1. The van der Waals surface area contributed by atoms with Gasteiger partial charge < -0.3 is 21.4 Å². The first-order valence-electron chi connectivity index (χ1n) is 10.3. The van der Waals surface area contributed by atoms with Gasteiger partial charge in [-0.25, -0.2) is 0 Å². The second-order valence-electron chi connectivity index (χ2n) is 7.93. The van der Waals surface area contributed by atoms with Crippen LogP contribution in [0.25, 0.3) is 33.3 Å². The number of carbonyl (C=O) groups excluding carboxylic acids is 2. The minimum atomic E-state index is -0.500. The van der Waals surface area contributed by atoms with Gasteiger partial charge >= 0.3 is 0 Å². The number of hydrogen-bond donors (Lipinski definition) is 3. The quantitative estimate of drug-likeness (QED) is 0.422. The number of benzene rings is 2. The highest BCUT2D eigenvalue weighted by Crippen LogP contribution is 2.40. The molecule has 166 valence electrons. The van der Waals surface area contributed by atoms with Crippen LogP contribution < -0.4 is 16.4 Å². The molecule has 1 aliphatic rings. The van der Waals surface area contributed by atoms with Gasteiger partial charge in [-0.15, -0.1) is 0 Å². The van der Waals surface area contributed by atoms with E-state index >= 15 is 0 Å². The van der Waals surface area contributed by atoms with E-state index in [0.717, 1.165) is 39.0 Å². The Morgan fingerprint density at radius 3 is 2.67 bits per heavy atom. The molecule has 0 aliphatic carbocycles. The number of aromatic nitrogens is 3. The van der Waals surface area contributed by atoms with Gasteiger partial charge in [-0.3, -0.25) is 14.3 Å². The second-order valence-corrected chi connectivity index (χ2v) is 8.92. The number of amides is 2. The number of aromatic amines is 1. The third kappa shape index (κ3) is 3.46. The molecule has 33 heavy (non-hydrogen) atoms. The maximum absolute atomic E-state index is 12.1. The maximum atomic E-state index is 12.1. The van der Waals surface area contributed by atoms with Crippen molar-refractivity contribution in [1.29, 1.82) is 0 Å². The zero-order chi connectivity index (χ0) is 23.3. The lowest BCUT2D eigenvalue weighted by Crippen LogP contribution is -2.37. The van der Waals surface area contributed by atoms with Crippen molar-refractivity contribution in [2.45, 2.75) is 12.3 Å². The Balaban J connectivity index is 1.70. The van der Waals surface area contributed by atoms with Gasteiger partial charge in [0.2, 0.25) is 0 Å². The largest absolute Gasteiger partial charge is 0.367 e. The molecule has 5 rings (SSSR count). The Morgan fingerprint density at radius 1 is 1.15 bits per heavy atom. The van der Waals surface area contributed by atoms with Crippen LogP contribution in [0.5, 0.6) is 0 Å². The molecule has 1 atom stereocenters. The Hall–Kier alpha value is -3.98. The third-order valence-corrected chi connectivity index (χ3v) is 6.87. The van der Waals surface area contributed by atoms with E-state index in [0.29, 0.717) is 11.1 Å². The number of primary amides is 2. The fourth-order valence-corrected chi connectivity index (χ4v) is 5.10. The van der Waals surface area contributed by atoms with Crippen molar-refractivity contribution < 1.29 is 9.59 Å². The van der Waals surface area contributed by atoms with Gasteiger partial charge in [-0.05, 0) is 47.2 Å². The molecule has 9 heteroatoms. The summed E-state index contributed by atoms with van der Waals surface area (Å²) in [5.74, 6) is -0.894. The van der Waals surface area contributed by atoms with Gasteiger partial charge in [0.05, 0.1) is 17.3 Å². The fourth-order valence-electron chi connectivity index (χ4n) is 4.30. The van der Waals surface area contributed by atoms with E-state index < -0.39 is 17.2 Å². The Bertz CT molecular complexity index is 1450. The van der Waals surface area contributed by atoms with E-state index in [-0.39, 0.29) is 0 Å². The van der Waals surface area contributed by atoms with Gasteiger partial charge in [0.25, 0.3) is 11.8 Å². The number of nitrogens with two attached hydrogens (primary N) is 2.